The van der Waals surface area contributed by atoms with Crippen molar-refractivity contribution in [2.45, 2.75) is 58.1 Å². The molecule has 8 heteroatoms. The quantitative estimate of drug-likeness (QED) is 0.569. The fourth-order valence-electron chi connectivity index (χ4n) is 5.25. The zero-order chi connectivity index (χ0) is 27.9. The molecule has 3 atom stereocenters. The average Bonchev–Trinajstić information content (AvgIpc) is 2.97. The van der Waals surface area contributed by atoms with Crippen molar-refractivity contribution in [1.82, 2.24) is 14.8 Å². The van der Waals surface area contributed by atoms with Crippen LogP contribution in [-0.2, 0) is 4.79 Å². The second kappa shape index (κ2) is 13.0. The minimum absolute atomic E-state index is 0.0659. The van der Waals surface area contributed by atoms with Crippen LogP contribution in [0.15, 0.2) is 36.5 Å². The Morgan fingerprint density at radius 2 is 1.97 bits per heavy atom. The number of methoxy groups -OCH3 is 1. The van der Waals surface area contributed by atoms with Crippen LogP contribution in [0.5, 0.6) is 11.6 Å². The first-order chi connectivity index (χ1) is 18.8. The van der Waals surface area contributed by atoms with E-state index in [4.69, 9.17) is 9.47 Å². The lowest BCUT2D eigenvalue weighted by atomic mass is 9.88. The molecule has 2 aliphatic rings. The van der Waals surface area contributed by atoms with E-state index < -0.39 is 0 Å². The van der Waals surface area contributed by atoms with Gasteiger partial charge >= 0.3 is 0 Å². The summed E-state index contributed by atoms with van der Waals surface area (Å²) in [6, 6.07) is 8.74. The second-order valence-corrected chi connectivity index (χ2v) is 10.7. The highest BCUT2D eigenvalue weighted by Crippen LogP contribution is 2.29. The number of fused-ring (bicyclic) bond motifs is 1. The summed E-state index contributed by atoms with van der Waals surface area (Å²) in [5.74, 6) is 6.98. The van der Waals surface area contributed by atoms with Crippen molar-refractivity contribution >= 4 is 11.8 Å². The fourth-order valence-corrected chi connectivity index (χ4v) is 5.25. The van der Waals surface area contributed by atoms with E-state index in [1.807, 2.05) is 45.2 Å². The van der Waals surface area contributed by atoms with Crippen molar-refractivity contribution in [2.75, 3.05) is 33.9 Å². The molecule has 208 valence electrons. The summed E-state index contributed by atoms with van der Waals surface area (Å²) in [6.45, 7) is 4.44. The molecule has 1 saturated carbocycles. The van der Waals surface area contributed by atoms with Gasteiger partial charge in [0.2, 0.25) is 11.8 Å². The van der Waals surface area contributed by atoms with Gasteiger partial charge in [0.05, 0.1) is 26.3 Å². The number of ether oxygens (including phenoxy) is 2. The first kappa shape index (κ1) is 28.4. The normalized spacial score (nSPS) is 20.4. The van der Waals surface area contributed by atoms with Crippen LogP contribution in [-0.4, -0.2) is 77.7 Å². The molecule has 0 spiro atoms. The highest BCUT2D eigenvalue weighted by Gasteiger charge is 2.35. The van der Waals surface area contributed by atoms with Crippen LogP contribution in [0.3, 0.4) is 0 Å². The standard InChI is InChI=1S/C31H39N3O5/c1-21-18-34(22(2)20-35)31(37)27-16-24(14-13-23-9-8-12-26(15-23)38-4)17-32-29(27)39-28(21)19-33(3)30(36)25-10-6-5-7-11-25/h8-9,12,15-17,21-22,25,28,35H,5-7,10-11,18-20H2,1-4H3/t21-,22-,28-/m0/s1. The molecule has 1 fully saturated rings. The van der Waals surface area contributed by atoms with Gasteiger partial charge in [-0.15, -0.1) is 0 Å². The molecule has 1 aliphatic heterocycles. The highest BCUT2D eigenvalue weighted by atomic mass is 16.5. The van der Waals surface area contributed by atoms with Crippen LogP contribution in [0, 0.1) is 23.7 Å². The summed E-state index contributed by atoms with van der Waals surface area (Å²) in [5, 5.41) is 9.91. The molecule has 0 bridgehead atoms. The number of hydrogen-bond donors (Lipinski definition) is 1. The summed E-state index contributed by atoms with van der Waals surface area (Å²) in [6.07, 6.45) is 6.48. The molecule has 1 aromatic heterocycles. The van der Waals surface area contributed by atoms with Gasteiger partial charge in [0.25, 0.3) is 5.91 Å². The maximum atomic E-state index is 13.7. The van der Waals surface area contributed by atoms with E-state index in [1.165, 1.54) is 6.42 Å². The number of aromatic nitrogens is 1. The van der Waals surface area contributed by atoms with E-state index in [9.17, 15) is 14.7 Å². The van der Waals surface area contributed by atoms with E-state index in [1.54, 1.807) is 29.2 Å². The summed E-state index contributed by atoms with van der Waals surface area (Å²) in [7, 11) is 3.44. The average molecular weight is 534 g/mol. The van der Waals surface area contributed by atoms with Gasteiger partial charge in [-0.2, -0.15) is 0 Å². The number of rotatable bonds is 6. The monoisotopic (exact) mass is 533 g/mol. The first-order valence-corrected chi connectivity index (χ1v) is 13.8. The number of nitrogens with zero attached hydrogens (tertiary/aromatic N) is 3. The second-order valence-electron chi connectivity index (χ2n) is 10.7. The zero-order valence-electron chi connectivity index (χ0n) is 23.4. The molecule has 2 amide bonds. The van der Waals surface area contributed by atoms with Crippen LogP contribution < -0.4 is 9.47 Å². The van der Waals surface area contributed by atoms with E-state index in [0.29, 0.717) is 30.0 Å². The van der Waals surface area contributed by atoms with Gasteiger partial charge in [-0.05, 0) is 44.0 Å². The minimum atomic E-state index is -0.389. The summed E-state index contributed by atoms with van der Waals surface area (Å²) in [5.41, 5.74) is 1.64. The van der Waals surface area contributed by atoms with Gasteiger partial charge in [-0.1, -0.05) is 44.1 Å². The maximum Gasteiger partial charge on any atom is 0.259 e. The molecular weight excluding hydrogens is 494 g/mol. The number of hydrogen-bond acceptors (Lipinski definition) is 6. The van der Waals surface area contributed by atoms with Gasteiger partial charge in [-0.25, -0.2) is 4.98 Å². The van der Waals surface area contributed by atoms with Crippen LogP contribution in [0.1, 0.15) is 67.4 Å². The Labute approximate surface area is 231 Å². The Bertz CT molecular complexity index is 1230. The zero-order valence-corrected chi connectivity index (χ0v) is 23.4. The molecule has 0 unspecified atom stereocenters. The van der Waals surface area contributed by atoms with Crippen molar-refractivity contribution < 1.29 is 24.2 Å². The Kier molecular flexibility index (Phi) is 9.47. The van der Waals surface area contributed by atoms with Crippen molar-refractivity contribution in [2.24, 2.45) is 11.8 Å². The molecule has 1 aliphatic carbocycles. The number of carbonyl (C=O) groups excluding carboxylic acids is 2. The Morgan fingerprint density at radius 3 is 2.69 bits per heavy atom. The van der Waals surface area contributed by atoms with E-state index in [0.717, 1.165) is 31.2 Å². The van der Waals surface area contributed by atoms with Crippen molar-refractivity contribution in [3.8, 4) is 23.5 Å². The summed E-state index contributed by atoms with van der Waals surface area (Å²) in [4.78, 5) is 34.8. The molecule has 2 heterocycles. The fraction of sp³-hybridized carbons (Fsp3) is 0.516. The third kappa shape index (κ3) is 6.90. The van der Waals surface area contributed by atoms with Gasteiger partial charge < -0.3 is 24.4 Å². The minimum Gasteiger partial charge on any atom is -0.497 e. The largest absolute Gasteiger partial charge is 0.497 e. The summed E-state index contributed by atoms with van der Waals surface area (Å²) >= 11 is 0. The molecule has 1 aromatic carbocycles. The van der Waals surface area contributed by atoms with Gasteiger partial charge in [-0.3, -0.25) is 9.59 Å². The number of amides is 2. The molecule has 8 nitrogen and oxygen atoms in total. The van der Waals surface area contributed by atoms with Crippen LogP contribution in [0.2, 0.25) is 0 Å². The number of likely N-dealkylation sites (N-methyl/N-ethyl adjacent to an activating group) is 1. The van der Waals surface area contributed by atoms with E-state index in [-0.39, 0.29) is 48.3 Å². The van der Waals surface area contributed by atoms with E-state index >= 15 is 0 Å². The molecule has 0 saturated heterocycles. The third-order valence-corrected chi connectivity index (χ3v) is 7.73. The molecular formula is C31H39N3O5. The van der Waals surface area contributed by atoms with Crippen LogP contribution in [0.4, 0.5) is 0 Å². The van der Waals surface area contributed by atoms with Gasteiger partial charge in [0.15, 0.2) is 0 Å². The van der Waals surface area contributed by atoms with Gasteiger partial charge in [0, 0.05) is 42.8 Å². The molecule has 0 radical (unpaired) electrons. The first-order valence-electron chi connectivity index (χ1n) is 13.8. The smallest absolute Gasteiger partial charge is 0.259 e. The number of carbonyl (C=O) groups is 2. The van der Waals surface area contributed by atoms with Crippen LogP contribution in [0.25, 0.3) is 0 Å². The third-order valence-electron chi connectivity index (χ3n) is 7.73. The maximum absolute atomic E-state index is 13.7. The van der Waals surface area contributed by atoms with Crippen molar-refractivity contribution in [1.29, 1.82) is 0 Å². The van der Waals surface area contributed by atoms with Crippen molar-refractivity contribution in [3.63, 3.8) is 0 Å². The van der Waals surface area contributed by atoms with Gasteiger partial charge in [0.1, 0.15) is 17.4 Å². The molecule has 4 rings (SSSR count). The lowest BCUT2D eigenvalue weighted by molar-refractivity contribution is -0.136. The molecule has 39 heavy (non-hydrogen) atoms. The Hall–Kier alpha value is -3.57. The SMILES string of the molecule is COc1cccc(C#Cc2cnc3c(c2)C(=O)N([C@@H](C)CO)C[C@H](C)[C@H](CN(C)C(=O)C2CCCCC2)O3)c1. The predicted octanol–water partition coefficient (Wildman–Crippen LogP) is 3.75. The van der Waals surface area contributed by atoms with E-state index in [2.05, 4.69) is 16.8 Å². The highest BCUT2D eigenvalue weighted by molar-refractivity contribution is 5.97. The number of benzene rings is 1. The molecule has 1 N–H and O–H groups in total. The molecule has 2 aromatic rings. The number of pyridine rings is 1. The van der Waals surface area contributed by atoms with Crippen LogP contribution >= 0.6 is 0 Å². The lowest BCUT2D eigenvalue weighted by Crippen LogP contribution is -2.51. The summed E-state index contributed by atoms with van der Waals surface area (Å²) < 4.78 is 11.6. The van der Waals surface area contributed by atoms with Crippen molar-refractivity contribution in [3.05, 3.63) is 53.2 Å². The lowest BCUT2D eigenvalue weighted by Gasteiger charge is -2.38. The number of aliphatic hydroxyl groups excluding tert-OH is 1. The number of aliphatic hydroxyl groups is 1. The topological polar surface area (TPSA) is 92.2 Å². The Balaban J connectivity index is 1.62. The Morgan fingerprint density at radius 1 is 1.23 bits per heavy atom. The predicted molar refractivity (Wildman–Crippen MR) is 149 cm³/mol.